The molecule has 1 aliphatic carbocycles. The van der Waals surface area contributed by atoms with Crippen molar-refractivity contribution in [2.45, 2.75) is 68.8 Å². The minimum Gasteiger partial charge on any atom is -0.487 e. The second-order valence-corrected chi connectivity index (χ2v) is 13.0. The Hall–Kier alpha value is -3.95. The molecule has 0 unspecified atom stereocenters. The van der Waals surface area contributed by atoms with Gasteiger partial charge in [0.05, 0.1) is 4.90 Å². The fourth-order valence-corrected chi connectivity index (χ4v) is 6.95. The quantitative estimate of drug-likeness (QED) is 0.269. The van der Waals surface area contributed by atoms with Crippen molar-refractivity contribution in [1.82, 2.24) is 10.1 Å². The van der Waals surface area contributed by atoms with Crippen molar-refractivity contribution in [1.29, 1.82) is 0 Å². The Balaban J connectivity index is 1.24. The van der Waals surface area contributed by atoms with Gasteiger partial charge in [-0.25, -0.2) is 18.6 Å². The SMILES string of the molecule is Cc1ccc(S(=O)(=O)NCCC(=O)N/N=c2\cc(-c3ccccc3)c3cc4c(cc3o2)OC2(CCCCC2)CC4)cc1. The Kier molecular flexibility index (Phi) is 7.88. The van der Waals surface area contributed by atoms with Crippen molar-refractivity contribution in [2.24, 2.45) is 5.10 Å². The van der Waals surface area contributed by atoms with Crippen LogP contribution in [-0.2, 0) is 21.2 Å². The smallest absolute Gasteiger partial charge is 0.241 e. The van der Waals surface area contributed by atoms with Gasteiger partial charge in [0.25, 0.3) is 0 Å². The van der Waals surface area contributed by atoms with Gasteiger partial charge in [0, 0.05) is 30.5 Å². The second-order valence-electron chi connectivity index (χ2n) is 11.3. The number of carbonyl (C=O) groups excluding carboxylic acids is 1. The Morgan fingerprint density at radius 1 is 0.952 bits per heavy atom. The van der Waals surface area contributed by atoms with E-state index in [0.717, 1.165) is 53.5 Å². The van der Waals surface area contributed by atoms with Crippen molar-refractivity contribution in [3.63, 3.8) is 0 Å². The zero-order valence-electron chi connectivity index (χ0n) is 23.7. The molecular formula is C33H35N3O5S. The summed E-state index contributed by atoms with van der Waals surface area (Å²) < 4.78 is 40.3. The Labute approximate surface area is 245 Å². The van der Waals surface area contributed by atoms with Crippen LogP contribution < -0.4 is 20.4 Å². The topological polar surface area (TPSA) is 110 Å². The Morgan fingerprint density at radius 3 is 2.48 bits per heavy atom. The van der Waals surface area contributed by atoms with Gasteiger partial charge in [-0.05, 0) is 80.3 Å². The van der Waals surface area contributed by atoms with E-state index in [0.29, 0.717) is 5.58 Å². The molecule has 6 rings (SSSR count). The number of amides is 1. The molecular weight excluding hydrogens is 550 g/mol. The summed E-state index contributed by atoms with van der Waals surface area (Å²) in [5, 5.41) is 5.19. The molecule has 1 aromatic heterocycles. The summed E-state index contributed by atoms with van der Waals surface area (Å²) in [5.74, 6) is 0.423. The summed E-state index contributed by atoms with van der Waals surface area (Å²) >= 11 is 0. The van der Waals surface area contributed by atoms with E-state index in [1.807, 2.05) is 49.4 Å². The molecule has 0 bridgehead atoms. The molecule has 42 heavy (non-hydrogen) atoms. The number of rotatable bonds is 7. The number of nitrogens with zero attached hydrogens (tertiary/aromatic N) is 1. The molecule has 1 fully saturated rings. The summed E-state index contributed by atoms with van der Waals surface area (Å²) in [6.45, 7) is 1.82. The van der Waals surface area contributed by atoms with Crippen LogP contribution in [-0.4, -0.2) is 26.5 Å². The van der Waals surface area contributed by atoms with Crippen molar-refractivity contribution >= 4 is 26.9 Å². The number of aryl methyl sites for hydroxylation is 2. The maximum absolute atomic E-state index is 12.6. The number of fused-ring (bicyclic) bond motifs is 2. The van der Waals surface area contributed by atoms with Crippen LogP contribution in [0.25, 0.3) is 22.1 Å². The highest BCUT2D eigenvalue weighted by Gasteiger charge is 2.37. The van der Waals surface area contributed by atoms with Crippen molar-refractivity contribution in [3.05, 3.63) is 89.5 Å². The molecule has 0 saturated heterocycles. The Bertz CT molecular complexity index is 1770. The van der Waals surface area contributed by atoms with Crippen LogP contribution in [0, 0.1) is 6.92 Å². The van der Waals surface area contributed by atoms with Gasteiger partial charge < -0.3 is 9.15 Å². The van der Waals surface area contributed by atoms with Gasteiger partial charge in [-0.1, -0.05) is 54.4 Å². The molecule has 1 aliphatic heterocycles. The number of hydrogen-bond acceptors (Lipinski definition) is 6. The minimum absolute atomic E-state index is 0.0626. The first kappa shape index (κ1) is 28.2. The average Bonchev–Trinajstić information content (AvgIpc) is 2.99. The minimum atomic E-state index is -3.71. The summed E-state index contributed by atoms with van der Waals surface area (Å²) in [6, 6.07) is 22.5. The maximum atomic E-state index is 12.6. The highest BCUT2D eigenvalue weighted by molar-refractivity contribution is 7.89. The van der Waals surface area contributed by atoms with Crippen molar-refractivity contribution in [2.75, 3.05) is 6.54 Å². The predicted molar refractivity (Wildman–Crippen MR) is 161 cm³/mol. The van der Waals surface area contributed by atoms with Gasteiger partial charge in [0.2, 0.25) is 21.5 Å². The van der Waals surface area contributed by atoms with E-state index in [-0.39, 0.29) is 29.0 Å². The third-order valence-corrected chi connectivity index (χ3v) is 9.70. The van der Waals surface area contributed by atoms with E-state index in [9.17, 15) is 13.2 Å². The molecule has 3 aromatic carbocycles. The molecule has 218 valence electrons. The van der Waals surface area contributed by atoms with Gasteiger partial charge in [-0.2, -0.15) is 0 Å². The maximum Gasteiger partial charge on any atom is 0.241 e. The van der Waals surface area contributed by atoms with E-state index >= 15 is 0 Å². The molecule has 0 atom stereocenters. The predicted octanol–water partition coefficient (Wildman–Crippen LogP) is 5.74. The van der Waals surface area contributed by atoms with Crippen molar-refractivity contribution in [3.8, 4) is 16.9 Å². The fraction of sp³-hybridized carbons (Fsp3) is 0.333. The Morgan fingerprint density at radius 2 is 1.71 bits per heavy atom. The normalized spacial score (nSPS) is 16.6. The van der Waals surface area contributed by atoms with E-state index in [1.54, 1.807) is 12.1 Å². The molecule has 2 aliphatic rings. The number of nitrogens with one attached hydrogen (secondary N) is 2. The lowest BCUT2D eigenvalue weighted by Gasteiger charge is -2.41. The number of benzene rings is 3. The molecule has 0 radical (unpaired) electrons. The van der Waals surface area contributed by atoms with E-state index < -0.39 is 15.9 Å². The van der Waals surface area contributed by atoms with E-state index in [4.69, 9.17) is 9.15 Å². The van der Waals surface area contributed by atoms with Crippen LogP contribution in [0.4, 0.5) is 0 Å². The summed E-state index contributed by atoms with van der Waals surface area (Å²) in [5.41, 5.74) is 7.38. The first-order valence-corrected chi connectivity index (χ1v) is 16.0. The van der Waals surface area contributed by atoms with Crippen molar-refractivity contribution < 1.29 is 22.4 Å². The summed E-state index contributed by atoms with van der Waals surface area (Å²) in [4.78, 5) is 12.7. The van der Waals surface area contributed by atoms with Crippen LogP contribution in [0.1, 0.15) is 56.1 Å². The number of carbonyl (C=O) groups is 1. The first-order valence-electron chi connectivity index (χ1n) is 14.5. The number of ether oxygens (including phenoxy) is 1. The molecule has 2 N–H and O–H groups in total. The number of sulfonamides is 1. The molecule has 4 aromatic rings. The van der Waals surface area contributed by atoms with Crippen LogP contribution >= 0.6 is 0 Å². The lowest BCUT2D eigenvalue weighted by atomic mass is 9.79. The first-order chi connectivity index (χ1) is 20.3. The molecule has 1 saturated carbocycles. The van der Waals surface area contributed by atoms with E-state index in [1.165, 1.54) is 37.0 Å². The van der Waals surface area contributed by atoms with Crippen LogP contribution in [0.5, 0.6) is 5.75 Å². The van der Waals surface area contributed by atoms with Gasteiger partial charge >= 0.3 is 0 Å². The van der Waals surface area contributed by atoms with Crippen LogP contribution in [0.15, 0.2) is 87.2 Å². The van der Waals surface area contributed by atoms with Crippen LogP contribution in [0.3, 0.4) is 0 Å². The molecule has 1 spiro atoms. The van der Waals surface area contributed by atoms with Gasteiger partial charge in [0.1, 0.15) is 16.9 Å². The second kappa shape index (κ2) is 11.7. The lowest BCUT2D eigenvalue weighted by Crippen LogP contribution is -2.41. The standard InChI is InChI=1S/C33H35N3O5S/c1-23-10-12-26(13-11-23)42(38,39)34-19-15-31(37)35-36-32-21-27(24-8-4-2-5-9-24)28-20-25-14-18-33(16-6-3-7-17-33)41-29(25)22-30(28)40-32/h2,4-5,8-13,20-22,34H,3,6-7,14-19H2,1H3,(H,35,37)/b36-32+. The molecule has 8 nitrogen and oxygen atoms in total. The molecule has 2 heterocycles. The average molecular weight is 586 g/mol. The molecule has 1 amide bonds. The highest BCUT2D eigenvalue weighted by atomic mass is 32.2. The van der Waals surface area contributed by atoms with E-state index in [2.05, 4.69) is 21.3 Å². The zero-order chi connectivity index (χ0) is 29.2. The zero-order valence-corrected chi connectivity index (χ0v) is 24.5. The highest BCUT2D eigenvalue weighted by Crippen LogP contribution is 2.43. The largest absolute Gasteiger partial charge is 0.487 e. The lowest BCUT2D eigenvalue weighted by molar-refractivity contribution is -0.121. The number of hydrogen-bond donors (Lipinski definition) is 2. The van der Waals surface area contributed by atoms with Gasteiger partial charge in [0.15, 0.2) is 0 Å². The summed E-state index contributed by atoms with van der Waals surface area (Å²) in [7, 11) is -3.71. The third kappa shape index (κ3) is 6.12. The summed E-state index contributed by atoms with van der Waals surface area (Å²) in [6.07, 6.45) is 7.74. The van der Waals surface area contributed by atoms with Gasteiger partial charge in [-0.3, -0.25) is 4.79 Å². The monoisotopic (exact) mass is 585 g/mol. The van der Waals surface area contributed by atoms with Gasteiger partial charge in [-0.15, -0.1) is 5.10 Å². The fourth-order valence-electron chi connectivity index (χ4n) is 5.91. The third-order valence-electron chi connectivity index (χ3n) is 8.23. The van der Waals surface area contributed by atoms with Crippen LogP contribution in [0.2, 0.25) is 0 Å². The molecule has 9 heteroatoms.